The summed E-state index contributed by atoms with van der Waals surface area (Å²) in [7, 11) is -3.50. The molecular weight excluding hydrogens is 300 g/mol. The predicted octanol–water partition coefficient (Wildman–Crippen LogP) is -0.592. The molecule has 1 rings (SSSR count). The highest BCUT2D eigenvalue weighted by Crippen LogP contribution is 2.07. The van der Waals surface area contributed by atoms with Crippen molar-refractivity contribution in [2.75, 3.05) is 32.1 Å². The van der Waals surface area contributed by atoms with Gasteiger partial charge < -0.3 is 15.2 Å². The average Bonchev–Trinajstić information content (AvgIpc) is 2.45. The smallest absolute Gasteiger partial charge is 0.326 e. The molecule has 0 aromatic carbocycles. The highest BCUT2D eigenvalue weighted by Gasteiger charge is 2.26. The number of amides is 1. The van der Waals surface area contributed by atoms with Crippen molar-refractivity contribution in [3.05, 3.63) is 0 Å². The zero-order valence-electron chi connectivity index (χ0n) is 12.1. The third kappa shape index (κ3) is 5.98. The Morgan fingerprint density at radius 3 is 2.48 bits per heavy atom. The van der Waals surface area contributed by atoms with Crippen LogP contribution in [0.1, 0.15) is 26.2 Å². The summed E-state index contributed by atoms with van der Waals surface area (Å²) in [6.45, 7) is 3.09. The number of carbonyl (C=O) groups is 2. The summed E-state index contributed by atoms with van der Waals surface area (Å²) in [6, 6.07) is -0.964. The van der Waals surface area contributed by atoms with E-state index in [4.69, 9.17) is 9.84 Å². The van der Waals surface area contributed by atoms with Gasteiger partial charge in [-0.15, -0.1) is 0 Å². The van der Waals surface area contributed by atoms with Gasteiger partial charge in [-0.2, -0.15) is 4.31 Å². The first kappa shape index (κ1) is 17.9. The highest BCUT2D eigenvalue weighted by molar-refractivity contribution is 7.89. The molecule has 21 heavy (non-hydrogen) atoms. The van der Waals surface area contributed by atoms with Crippen LogP contribution in [0.15, 0.2) is 0 Å². The lowest BCUT2D eigenvalue weighted by Gasteiger charge is -2.26. The number of carboxylic acids is 1. The Morgan fingerprint density at radius 1 is 1.33 bits per heavy atom. The minimum Gasteiger partial charge on any atom is -0.480 e. The maximum atomic E-state index is 12.0. The second-order valence-electron chi connectivity index (χ2n) is 4.82. The Labute approximate surface area is 124 Å². The lowest BCUT2D eigenvalue weighted by molar-refractivity contribution is -0.142. The number of nitrogens with zero attached hydrogens (tertiary/aromatic N) is 1. The Morgan fingerprint density at radius 2 is 1.95 bits per heavy atom. The summed E-state index contributed by atoms with van der Waals surface area (Å²) < 4.78 is 30.4. The molecule has 1 amide bonds. The van der Waals surface area contributed by atoms with Crippen LogP contribution in [0.2, 0.25) is 0 Å². The fourth-order valence-electron chi connectivity index (χ4n) is 1.99. The molecule has 1 aliphatic rings. The van der Waals surface area contributed by atoms with E-state index >= 15 is 0 Å². The highest BCUT2D eigenvalue weighted by atomic mass is 32.2. The average molecular weight is 322 g/mol. The molecule has 0 aromatic heterocycles. The van der Waals surface area contributed by atoms with Crippen molar-refractivity contribution < 1.29 is 27.9 Å². The minimum absolute atomic E-state index is 0.243. The first-order valence-corrected chi connectivity index (χ1v) is 8.55. The molecule has 1 aliphatic heterocycles. The number of carboxylic acid groups (broad SMARTS) is 1. The molecule has 9 heteroatoms. The molecule has 1 saturated heterocycles. The van der Waals surface area contributed by atoms with Crippen LogP contribution >= 0.6 is 0 Å². The summed E-state index contributed by atoms with van der Waals surface area (Å²) in [4.78, 5) is 22.6. The summed E-state index contributed by atoms with van der Waals surface area (Å²) in [5.41, 5.74) is 0. The van der Waals surface area contributed by atoms with Crippen molar-refractivity contribution in [2.45, 2.75) is 32.2 Å². The molecule has 1 heterocycles. The van der Waals surface area contributed by atoms with Crippen molar-refractivity contribution in [2.24, 2.45) is 0 Å². The van der Waals surface area contributed by atoms with Crippen molar-refractivity contribution in [3.63, 3.8) is 0 Å². The van der Waals surface area contributed by atoms with Gasteiger partial charge in [0, 0.05) is 19.5 Å². The number of morpholine rings is 1. The lowest BCUT2D eigenvalue weighted by atomic mass is 10.1. The van der Waals surface area contributed by atoms with Crippen LogP contribution in [0.3, 0.4) is 0 Å². The number of carbonyl (C=O) groups excluding carboxylic acids is 1. The molecule has 0 spiro atoms. The number of ether oxygens (including phenoxy) is 1. The molecule has 0 unspecified atom stereocenters. The summed E-state index contributed by atoms with van der Waals surface area (Å²) >= 11 is 0. The number of aliphatic carboxylic acids is 1. The van der Waals surface area contributed by atoms with Crippen molar-refractivity contribution in [1.82, 2.24) is 9.62 Å². The number of sulfonamides is 1. The monoisotopic (exact) mass is 322 g/mol. The minimum atomic E-state index is -3.50. The van der Waals surface area contributed by atoms with Crippen molar-refractivity contribution >= 4 is 21.9 Å². The van der Waals surface area contributed by atoms with Gasteiger partial charge >= 0.3 is 5.97 Å². The van der Waals surface area contributed by atoms with Gasteiger partial charge in [0.1, 0.15) is 6.04 Å². The second-order valence-corrected chi connectivity index (χ2v) is 6.91. The van der Waals surface area contributed by atoms with Gasteiger partial charge in [0.05, 0.1) is 19.0 Å². The van der Waals surface area contributed by atoms with E-state index in [1.807, 2.05) is 6.92 Å². The van der Waals surface area contributed by atoms with E-state index in [0.29, 0.717) is 26.1 Å². The molecular formula is C12H22N2O6S. The molecule has 0 radical (unpaired) electrons. The van der Waals surface area contributed by atoms with E-state index in [2.05, 4.69) is 5.32 Å². The van der Waals surface area contributed by atoms with E-state index in [0.717, 1.165) is 0 Å². The second kappa shape index (κ2) is 8.30. The largest absolute Gasteiger partial charge is 0.480 e. The Hall–Kier alpha value is -1.19. The first-order chi connectivity index (χ1) is 9.86. The fourth-order valence-corrected chi connectivity index (χ4v) is 3.40. The molecule has 1 fully saturated rings. The number of hydrogen-bond donors (Lipinski definition) is 2. The summed E-state index contributed by atoms with van der Waals surface area (Å²) in [5.74, 6) is -1.99. The van der Waals surface area contributed by atoms with Gasteiger partial charge in [-0.3, -0.25) is 4.79 Å². The quantitative estimate of drug-likeness (QED) is 0.617. The molecule has 8 nitrogen and oxygen atoms in total. The van der Waals surface area contributed by atoms with Crippen LogP contribution in [-0.2, 0) is 24.3 Å². The summed E-state index contributed by atoms with van der Waals surface area (Å²) in [6.07, 6.45) is 0.688. The Balaban J connectivity index is 2.45. The topological polar surface area (TPSA) is 113 Å². The molecule has 0 aliphatic carbocycles. The van der Waals surface area contributed by atoms with E-state index in [9.17, 15) is 18.0 Å². The third-order valence-electron chi connectivity index (χ3n) is 3.16. The van der Waals surface area contributed by atoms with E-state index < -0.39 is 27.9 Å². The molecule has 122 valence electrons. The third-order valence-corrected chi connectivity index (χ3v) is 5.03. The van der Waals surface area contributed by atoms with Gasteiger partial charge in [0.15, 0.2) is 0 Å². The normalized spacial score (nSPS) is 18.1. The van der Waals surface area contributed by atoms with Crippen LogP contribution in [0.25, 0.3) is 0 Å². The van der Waals surface area contributed by atoms with E-state index in [-0.39, 0.29) is 25.3 Å². The molecule has 0 aromatic rings. The van der Waals surface area contributed by atoms with Gasteiger partial charge in [0.25, 0.3) is 0 Å². The standard InChI is InChI=1S/C12H22N2O6S/c1-2-3-10(12(16)17)13-11(15)4-9-21(18,19)14-5-7-20-8-6-14/h10H,2-9H2,1H3,(H,13,15)(H,16,17)/t10-/m1/s1. The predicted molar refractivity (Wildman–Crippen MR) is 75.3 cm³/mol. The van der Waals surface area contributed by atoms with E-state index in [1.165, 1.54) is 4.31 Å². The van der Waals surface area contributed by atoms with E-state index in [1.54, 1.807) is 0 Å². The van der Waals surface area contributed by atoms with Gasteiger partial charge in [-0.05, 0) is 6.42 Å². The number of hydrogen-bond acceptors (Lipinski definition) is 5. The molecule has 2 N–H and O–H groups in total. The van der Waals surface area contributed by atoms with Gasteiger partial charge in [0.2, 0.25) is 15.9 Å². The van der Waals surface area contributed by atoms with Crippen LogP contribution in [0, 0.1) is 0 Å². The first-order valence-electron chi connectivity index (χ1n) is 6.94. The number of nitrogens with one attached hydrogen (secondary N) is 1. The van der Waals surface area contributed by atoms with Crippen LogP contribution in [-0.4, -0.2) is 67.8 Å². The Kier molecular flexibility index (Phi) is 7.06. The van der Waals surface area contributed by atoms with Gasteiger partial charge in [-0.1, -0.05) is 13.3 Å². The lowest BCUT2D eigenvalue weighted by Crippen LogP contribution is -2.44. The maximum absolute atomic E-state index is 12.0. The number of rotatable bonds is 8. The zero-order chi connectivity index (χ0) is 15.9. The zero-order valence-corrected chi connectivity index (χ0v) is 12.9. The fraction of sp³-hybridized carbons (Fsp3) is 0.833. The van der Waals surface area contributed by atoms with Crippen LogP contribution < -0.4 is 5.32 Å². The van der Waals surface area contributed by atoms with Crippen LogP contribution in [0.4, 0.5) is 0 Å². The van der Waals surface area contributed by atoms with Crippen LogP contribution in [0.5, 0.6) is 0 Å². The SMILES string of the molecule is CCC[C@@H](NC(=O)CCS(=O)(=O)N1CCOCC1)C(=O)O. The Bertz CT molecular complexity index is 458. The summed E-state index contributed by atoms with van der Waals surface area (Å²) in [5, 5.41) is 11.3. The molecule has 1 atom stereocenters. The maximum Gasteiger partial charge on any atom is 0.326 e. The van der Waals surface area contributed by atoms with Crippen molar-refractivity contribution in [3.8, 4) is 0 Å². The molecule has 0 bridgehead atoms. The molecule has 0 saturated carbocycles. The van der Waals surface area contributed by atoms with Crippen molar-refractivity contribution in [1.29, 1.82) is 0 Å². The van der Waals surface area contributed by atoms with Gasteiger partial charge in [-0.25, -0.2) is 13.2 Å².